The molecule has 0 saturated heterocycles. The van der Waals surface area contributed by atoms with Crippen molar-refractivity contribution >= 4 is 10.9 Å². The first kappa shape index (κ1) is 9.78. The number of fused-ring (bicyclic) bond motifs is 1. The molecule has 3 heteroatoms. The molecule has 17 heavy (non-hydrogen) atoms. The maximum atomic E-state index is 9.78. The summed E-state index contributed by atoms with van der Waals surface area (Å²) >= 11 is 0. The van der Waals surface area contributed by atoms with Crippen molar-refractivity contribution in [2.24, 2.45) is 0 Å². The van der Waals surface area contributed by atoms with E-state index in [-0.39, 0.29) is 11.5 Å². The van der Waals surface area contributed by atoms with Crippen LogP contribution >= 0.6 is 0 Å². The molecular formula is C14H11NO2. The van der Waals surface area contributed by atoms with Gasteiger partial charge in [-0.1, -0.05) is 18.2 Å². The molecule has 0 radical (unpaired) electrons. The van der Waals surface area contributed by atoms with Crippen LogP contribution in [0.25, 0.3) is 22.2 Å². The Balaban J connectivity index is 2.23. The number of H-pyrrole nitrogens is 1. The molecule has 0 spiro atoms. The van der Waals surface area contributed by atoms with E-state index in [4.69, 9.17) is 0 Å². The van der Waals surface area contributed by atoms with Gasteiger partial charge in [0.2, 0.25) is 0 Å². The molecule has 0 unspecified atom stereocenters. The van der Waals surface area contributed by atoms with Crippen LogP contribution in [0.4, 0.5) is 0 Å². The highest BCUT2D eigenvalue weighted by molar-refractivity contribution is 5.87. The summed E-state index contributed by atoms with van der Waals surface area (Å²) in [6, 6.07) is 14.3. The molecule has 0 bridgehead atoms. The van der Waals surface area contributed by atoms with Gasteiger partial charge in [-0.3, -0.25) is 0 Å². The SMILES string of the molecule is Oc1ccc(O)c(-c2cc3ccccc3[nH]2)c1. The Bertz CT molecular complexity index is 653. The van der Waals surface area contributed by atoms with Crippen molar-refractivity contribution in [3.63, 3.8) is 0 Å². The highest BCUT2D eigenvalue weighted by Gasteiger charge is 2.08. The summed E-state index contributed by atoms with van der Waals surface area (Å²) in [5.41, 5.74) is 2.39. The molecule has 3 rings (SSSR count). The number of benzene rings is 2. The Kier molecular flexibility index (Phi) is 2.05. The van der Waals surface area contributed by atoms with Gasteiger partial charge >= 0.3 is 0 Å². The molecule has 2 aromatic carbocycles. The number of hydrogen-bond donors (Lipinski definition) is 3. The average Bonchev–Trinajstić information content (AvgIpc) is 2.75. The van der Waals surface area contributed by atoms with Crippen molar-refractivity contribution in [3.05, 3.63) is 48.5 Å². The predicted molar refractivity (Wildman–Crippen MR) is 67.1 cm³/mol. The Morgan fingerprint density at radius 2 is 1.71 bits per heavy atom. The second-order valence-corrected chi connectivity index (χ2v) is 3.97. The molecule has 0 aliphatic rings. The molecule has 3 nitrogen and oxygen atoms in total. The molecular weight excluding hydrogens is 214 g/mol. The first-order chi connectivity index (χ1) is 8.24. The third kappa shape index (κ3) is 1.61. The lowest BCUT2D eigenvalue weighted by Gasteiger charge is -2.02. The van der Waals surface area contributed by atoms with Crippen LogP contribution in [0.15, 0.2) is 48.5 Å². The van der Waals surface area contributed by atoms with Crippen molar-refractivity contribution in [3.8, 4) is 22.8 Å². The number of aromatic hydroxyl groups is 2. The van der Waals surface area contributed by atoms with Gasteiger partial charge in [-0.25, -0.2) is 0 Å². The van der Waals surface area contributed by atoms with Gasteiger partial charge in [0, 0.05) is 16.5 Å². The third-order valence-electron chi connectivity index (χ3n) is 2.80. The zero-order valence-corrected chi connectivity index (χ0v) is 9.01. The lowest BCUT2D eigenvalue weighted by atomic mass is 10.1. The Morgan fingerprint density at radius 1 is 0.882 bits per heavy atom. The fourth-order valence-electron chi connectivity index (χ4n) is 1.96. The minimum absolute atomic E-state index is 0.136. The van der Waals surface area contributed by atoms with Crippen molar-refractivity contribution in [2.75, 3.05) is 0 Å². The van der Waals surface area contributed by atoms with E-state index in [0.717, 1.165) is 16.6 Å². The van der Waals surface area contributed by atoms with Crippen LogP contribution in [0.3, 0.4) is 0 Å². The summed E-state index contributed by atoms with van der Waals surface area (Å²) in [4.78, 5) is 3.21. The molecule has 3 N–H and O–H groups in total. The summed E-state index contributed by atoms with van der Waals surface area (Å²) in [6.45, 7) is 0. The first-order valence-electron chi connectivity index (χ1n) is 5.34. The first-order valence-corrected chi connectivity index (χ1v) is 5.34. The largest absolute Gasteiger partial charge is 0.508 e. The van der Waals surface area contributed by atoms with Crippen LogP contribution in [0.2, 0.25) is 0 Å². The van der Waals surface area contributed by atoms with Crippen molar-refractivity contribution < 1.29 is 10.2 Å². The zero-order valence-electron chi connectivity index (χ0n) is 9.01. The fourth-order valence-corrected chi connectivity index (χ4v) is 1.96. The van der Waals surface area contributed by atoms with E-state index in [0.29, 0.717) is 5.56 Å². The van der Waals surface area contributed by atoms with E-state index in [2.05, 4.69) is 4.98 Å². The van der Waals surface area contributed by atoms with Gasteiger partial charge in [-0.05, 0) is 30.3 Å². The number of phenolic OH excluding ortho intramolecular Hbond substituents is 2. The maximum absolute atomic E-state index is 9.78. The molecule has 84 valence electrons. The number of aromatic nitrogens is 1. The van der Waals surface area contributed by atoms with E-state index < -0.39 is 0 Å². The van der Waals surface area contributed by atoms with E-state index in [1.54, 1.807) is 6.07 Å². The van der Waals surface area contributed by atoms with Gasteiger partial charge in [-0.15, -0.1) is 0 Å². The van der Waals surface area contributed by atoms with Gasteiger partial charge in [0.1, 0.15) is 11.5 Å². The maximum Gasteiger partial charge on any atom is 0.125 e. The second-order valence-electron chi connectivity index (χ2n) is 3.97. The van der Waals surface area contributed by atoms with E-state index in [1.165, 1.54) is 12.1 Å². The van der Waals surface area contributed by atoms with Crippen molar-refractivity contribution in [1.82, 2.24) is 4.98 Å². The minimum atomic E-state index is 0.136. The Morgan fingerprint density at radius 3 is 2.53 bits per heavy atom. The monoisotopic (exact) mass is 225 g/mol. The fraction of sp³-hybridized carbons (Fsp3) is 0. The molecule has 1 aromatic heterocycles. The van der Waals surface area contributed by atoms with Gasteiger partial charge in [-0.2, -0.15) is 0 Å². The molecule has 0 aliphatic heterocycles. The van der Waals surface area contributed by atoms with E-state index in [9.17, 15) is 10.2 Å². The van der Waals surface area contributed by atoms with Crippen LogP contribution in [0, 0.1) is 0 Å². The molecule has 3 aromatic rings. The standard InChI is InChI=1S/C14H11NO2/c16-10-5-6-14(17)11(8-10)13-7-9-3-1-2-4-12(9)15-13/h1-8,15-17H. The number of phenols is 2. The molecule has 1 heterocycles. The van der Waals surface area contributed by atoms with Crippen LogP contribution in [0.5, 0.6) is 11.5 Å². The second kappa shape index (κ2) is 3.56. The Labute approximate surface area is 98.0 Å². The summed E-state index contributed by atoms with van der Waals surface area (Å²) in [5.74, 6) is 0.283. The smallest absolute Gasteiger partial charge is 0.125 e. The molecule has 0 atom stereocenters. The molecule has 0 aliphatic carbocycles. The van der Waals surface area contributed by atoms with E-state index >= 15 is 0 Å². The van der Waals surface area contributed by atoms with E-state index in [1.807, 2.05) is 30.3 Å². The highest BCUT2D eigenvalue weighted by Crippen LogP contribution is 2.33. The molecule has 0 amide bonds. The topological polar surface area (TPSA) is 56.2 Å². The number of rotatable bonds is 1. The van der Waals surface area contributed by atoms with Crippen LogP contribution in [-0.2, 0) is 0 Å². The number of hydrogen-bond acceptors (Lipinski definition) is 2. The van der Waals surface area contributed by atoms with Gasteiger partial charge in [0.15, 0.2) is 0 Å². The summed E-state index contributed by atoms with van der Waals surface area (Å²) in [5, 5.41) is 20.3. The van der Waals surface area contributed by atoms with Crippen molar-refractivity contribution in [2.45, 2.75) is 0 Å². The van der Waals surface area contributed by atoms with Gasteiger partial charge in [0.25, 0.3) is 0 Å². The van der Waals surface area contributed by atoms with Crippen LogP contribution < -0.4 is 0 Å². The van der Waals surface area contributed by atoms with Crippen LogP contribution in [-0.4, -0.2) is 15.2 Å². The number of aromatic amines is 1. The normalized spacial score (nSPS) is 10.8. The van der Waals surface area contributed by atoms with Crippen LogP contribution in [0.1, 0.15) is 0 Å². The lowest BCUT2D eigenvalue weighted by Crippen LogP contribution is -1.78. The Hall–Kier alpha value is -2.42. The number of nitrogens with one attached hydrogen (secondary N) is 1. The molecule has 0 fully saturated rings. The summed E-state index contributed by atoms with van der Waals surface area (Å²) in [6.07, 6.45) is 0. The molecule has 0 saturated carbocycles. The van der Waals surface area contributed by atoms with Crippen molar-refractivity contribution in [1.29, 1.82) is 0 Å². The quantitative estimate of drug-likeness (QED) is 0.557. The lowest BCUT2D eigenvalue weighted by molar-refractivity contribution is 0.462. The van der Waals surface area contributed by atoms with Gasteiger partial charge in [0.05, 0.1) is 5.69 Å². The summed E-state index contributed by atoms with van der Waals surface area (Å²) < 4.78 is 0. The third-order valence-corrected chi connectivity index (χ3v) is 2.80. The summed E-state index contributed by atoms with van der Waals surface area (Å²) in [7, 11) is 0. The highest BCUT2D eigenvalue weighted by atomic mass is 16.3. The predicted octanol–water partition coefficient (Wildman–Crippen LogP) is 3.25. The minimum Gasteiger partial charge on any atom is -0.508 e. The number of para-hydroxylation sites is 1. The average molecular weight is 225 g/mol. The zero-order chi connectivity index (χ0) is 11.8. The van der Waals surface area contributed by atoms with Gasteiger partial charge < -0.3 is 15.2 Å².